The number of fused-ring (bicyclic) bond motifs is 2. The second kappa shape index (κ2) is 7.10. The first-order valence-corrected chi connectivity index (χ1v) is 8.77. The van der Waals surface area contributed by atoms with Crippen LogP contribution in [0.5, 0.6) is 11.5 Å². The highest BCUT2D eigenvalue weighted by atomic mass is 19.1. The van der Waals surface area contributed by atoms with E-state index in [4.69, 9.17) is 8.85 Å². The number of aromatic nitrogens is 1. The van der Waals surface area contributed by atoms with Gasteiger partial charge in [-0.15, -0.1) is 0 Å². The summed E-state index contributed by atoms with van der Waals surface area (Å²) >= 11 is 0. The number of ether oxygens (including phenoxy) is 1. The zero-order valence-electron chi connectivity index (χ0n) is 18.2. The Morgan fingerprint density at radius 3 is 2.80 bits per heavy atom. The molecule has 2 aliphatic heterocycles. The summed E-state index contributed by atoms with van der Waals surface area (Å²) in [4.78, 5) is 39.3. The molecular formula is C19H17F2N3O6. The maximum Gasteiger partial charge on any atom is 0.277 e. The van der Waals surface area contributed by atoms with E-state index in [1.165, 1.54) is 0 Å². The lowest BCUT2D eigenvalue weighted by atomic mass is 10.1. The molecule has 0 spiro atoms. The molecular weight excluding hydrogens is 404 g/mol. The third kappa shape index (κ3) is 2.98. The Morgan fingerprint density at radius 1 is 1.33 bits per heavy atom. The van der Waals surface area contributed by atoms with Crippen molar-refractivity contribution in [2.45, 2.75) is 32.2 Å². The lowest BCUT2D eigenvalue weighted by Crippen LogP contribution is -2.51. The van der Waals surface area contributed by atoms with Gasteiger partial charge >= 0.3 is 0 Å². The number of pyridine rings is 1. The third-order valence-corrected chi connectivity index (χ3v) is 4.96. The van der Waals surface area contributed by atoms with Gasteiger partial charge in [0, 0.05) is 22.3 Å². The summed E-state index contributed by atoms with van der Waals surface area (Å²) in [5.74, 6) is -6.30. The molecule has 0 saturated carbocycles. The van der Waals surface area contributed by atoms with Gasteiger partial charge in [-0.25, -0.2) is 8.78 Å². The Bertz CT molecular complexity index is 1230. The number of amides is 2. The van der Waals surface area contributed by atoms with Crippen LogP contribution in [0.15, 0.2) is 23.0 Å². The molecule has 0 unspecified atom stereocenters. The summed E-state index contributed by atoms with van der Waals surface area (Å²) in [5, 5.41) is 22.9. The van der Waals surface area contributed by atoms with Crippen LogP contribution in [-0.2, 0) is 17.8 Å². The number of rotatable bonds is 3. The Labute approximate surface area is 172 Å². The predicted octanol–water partition coefficient (Wildman–Crippen LogP) is 0.668. The van der Waals surface area contributed by atoms with Crippen molar-refractivity contribution in [3.8, 4) is 11.5 Å². The van der Waals surface area contributed by atoms with Gasteiger partial charge in [-0.05, 0) is 12.9 Å². The van der Waals surface area contributed by atoms with E-state index >= 15 is 0 Å². The number of nitrogens with one attached hydrogen (secondary N) is 1. The van der Waals surface area contributed by atoms with Crippen molar-refractivity contribution < 1.29 is 37.4 Å². The largest absolute Gasteiger partial charge is 0.504 e. The predicted molar refractivity (Wildman–Crippen MR) is 96.9 cm³/mol. The maximum atomic E-state index is 13.8. The number of carbonyl (C=O) groups excluding carboxylic acids is 2. The first-order valence-electron chi connectivity index (χ1n) is 10.3. The van der Waals surface area contributed by atoms with Gasteiger partial charge in [-0.1, -0.05) is 6.07 Å². The van der Waals surface area contributed by atoms with Crippen LogP contribution in [0.3, 0.4) is 0 Å². The molecule has 2 aromatic rings. The normalized spacial score (nSPS) is 22.0. The summed E-state index contributed by atoms with van der Waals surface area (Å²) in [6.45, 7) is -3.79. The first-order chi connectivity index (χ1) is 15.4. The number of benzene rings is 1. The molecule has 0 bridgehead atoms. The molecule has 11 heteroatoms. The highest BCUT2D eigenvalue weighted by Crippen LogP contribution is 2.36. The summed E-state index contributed by atoms with van der Waals surface area (Å²) in [6.07, 6.45) is -1.14. The number of hydrogen-bond donors (Lipinski definition) is 3. The minimum Gasteiger partial charge on any atom is -0.504 e. The lowest BCUT2D eigenvalue weighted by molar-refractivity contribution is 0.00544. The number of aromatic hydroxyl groups is 2. The molecule has 1 saturated heterocycles. The van der Waals surface area contributed by atoms with E-state index < -0.39 is 84.0 Å². The molecule has 2 amide bonds. The standard InChI is InChI=1S/C19H17F2N3O6/c1-8-7-30-12-6-23-14(19(29)24(8)12)16(26)15(25)13(18(23)28)17(27)22-5-9-2-3-10(20)4-11(9)21/h2-4,8,12,25-26H,5-7H2,1H3,(H,22,27)/t8-,12+/m0/s1/i1D3. The smallest absolute Gasteiger partial charge is 0.277 e. The van der Waals surface area contributed by atoms with E-state index in [2.05, 4.69) is 5.32 Å². The zero-order chi connectivity index (χ0) is 24.2. The molecule has 4 rings (SSSR count). The van der Waals surface area contributed by atoms with E-state index in [1.807, 2.05) is 0 Å². The molecule has 1 aromatic heterocycles. The summed E-state index contributed by atoms with van der Waals surface area (Å²) in [5.41, 5.74) is -2.85. The van der Waals surface area contributed by atoms with Gasteiger partial charge in [-0.2, -0.15) is 0 Å². The molecule has 0 aliphatic carbocycles. The Balaban J connectivity index is 1.68. The quantitative estimate of drug-likeness (QED) is 0.666. The van der Waals surface area contributed by atoms with Crippen LogP contribution in [0.4, 0.5) is 8.78 Å². The number of nitrogens with zero attached hydrogens (tertiary/aromatic N) is 2. The second-order valence-electron chi connectivity index (χ2n) is 6.77. The molecule has 2 atom stereocenters. The van der Waals surface area contributed by atoms with E-state index in [0.29, 0.717) is 10.6 Å². The van der Waals surface area contributed by atoms with E-state index in [-0.39, 0.29) is 12.2 Å². The van der Waals surface area contributed by atoms with Crippen LogP contribution in [-0.4, -0.2) is 50.4 Å². The van der Waals surface area contributed by atoms with Gasteiger partial charge in [0.05, 0.1) is 19.2 Å². The minimum atomic E-state index is -2.60. The fraction of sp³-hybridized carbons (Fsp3) is 0.316. The van der Waals surface area contributed by atoms with Gasteiger partial charge in [0.15, 0.2) is 29.0 Å². The van der Waals surface area contributed by atoms with Gasteiger partial charge in [-0.3, -0.25) is 19.0 Å². The highest BCUT2D eigenvalue weighted by Gasteiger charge is 2.44. The number of halogens is 2. The van der Waals surface area contributed by atoms with Crippen molar-refractivity contribution in [1.82, 2.24) is 14.8 Å². The minimum absolute atomic E-state index is 0.104. The fourth-order valence-corrected chi connectivity index (χ4v) is 3.48. The second-order valence-corrected chi connectivity index (χ2v) is 6.77. The Hall–Kier alpha value is -3.47. The molecule has 3 N–H and O–H groups in total. The monoisotopic (exact) mass is 424 g/mol. The summed E-state index contributed by atoms with van der Waals surface area (Å²) in [7, 11) is 0. The lowest BCUT2D eigenvalue weighted by Gasteiger charge is -2.33. The highest BCUT2D eigenvalue weighted by molar-refractivity contribution is 6.02. The summed E-state index contributed by atoms with van der Waals surface area (Å²) in [6, 6.07) is 1.32. The van der Waals surface area contributed by atoms with Crippen LogP contribution in [0.1, 0.15) is 37.4 Å². The van der Waals surface area contributed by atoms with Crippen molar-refractivity contribution in [3.63, 3.8) is 0 Å². The van der Waals surface area contributed by atoms with E-state index in [9.17, 15) is 33.4 Å². The van der Waals surface area contributed by atoms with Gasteiger partial charge in [0.25, 0.3) is 17.4 Å². The van der Waals surface area contributed by atoms with Gasteiger partial charge in [0.1, 0.15) is 11.6 Å². The first kappa shape index (κ1) is 16.3. The van der Waals surface area contributed by atoms with Crippen molar-refractivity contribution in [2.75, 3.05) is 6.61 Å². The zero-order valence-corrected chi connectivity index (χ0v) is 15.2. The topological polar surface area (TPSA) is 121 Å². The molecule has 9 nitrogen and oxygen atoms in total. The molecule has 1 fully saturated rings. The molecule has 3 heterocycles. The average molecular weight is 424 g/mol. The van der Waals surface area contributed by atoms with Crippen molar-refractivity contribution in [2.24, 2.45) is 0 Å². The average Bonchev–Trinajstić information content (AvgIpc) is 3.16. The van der Waals surface area contributed by atoms with Crippen molar-refractivity contribution in [1.29, 1.82) is 0 Å². The molecule has 1 aromatic carbocycles. The van der Waals surface area contributed by atoms with Crippen LogP contribution >= 0.6 is 0 Å². The SMILES string of the molecule is [2H]C([2H])([2H])[C@H]1CO[C@@H]2Cn3c(c(O)c(O)c(C(=O)NCc4ccc(F)cc4F)c3=O)C(=O)N21. The van der Waals surface area contributed by atoms with E-state index in [1.54, 1.807) is 0 Å². The maximum absolute atomic E-state index is 13.8. The summed E-state index contributed by atoms with van der Waals surface area (Å²) < 4.78 is 55.6. The molecule has 0 radical (unpaired) electrons. The van der Waals surface area contributed by atoms with Crippen LogP contribution in [0.25, 0.3) is 0 Å². The molecule has 2 aliphatic rings. The Kier molecular flexibility index (Phi) is 3.86. The van der Waals surface area contributed by atoms with Gasteiger partial charge < -0.3 is 25.2 Å². The van der Waals surface area contributed by atoms with Crippen LogP contribution in [0.2, 0.25) is 0 Å². The molecule has 30 heavy (non-hydrogen) atoms. The van der Waals surface area contributed by atoms with E-state index in [0.717, 1.165) is 17.0 Å². The van der Waals surface area contributed by atoms with Gasteiger partial charge in [0.2, 0.25) is 0 Å². The molecule has 158 valence electrons. The number of hydrogen-bond acceptors (Lipinski definition) is 6. The van der Waals surface area contributed by atoms with Crippen LogP contribution < -0.4 is 10.9 Å². The van der Waals surface area contributed by atoms with Crippen LogP contribution in [0, 0.1) is 11.6 Å². The fourth-order valence-electron chi connectivity index (χ4n) is 3.48. The van der Waals surface area contributed by atoms with Crippen molar-refractivity contribution in [3.05, 3.63) is 57.0 Å². The third-order valence-electron chi connectivity index (χ3n) is 4.96. The number of carbonyl (C=O) groups is 2. The Morgan fingerprint density at radius 2 is 2.10 bits per heavy atom. The van der Waals surface area contributed by atoms with Crippen molar-refractivity contribution >= 4 is 11.8 Å².